The number of anilines is 1. The third-order valence-corrected chi connectivity index (χ3v) is 3.30. The molecule has 0 radical (unpaired) electrons. The Morgan fingerprint density at radius 3 is 2.08 bits per heavy atom. The molecule has 5 nitrogen and oxygen atoms in total. The molecule has 0 aliphatic rings. The van der Waals surface area contributed by atoms with Crippen LogP contribution in [0.1, 0.15) is 16.7 Å². The van der Waals surface area contributed by atoms with Gasteiger partial charge in [-0.1, -0.05) is 30.6 Å². The highest BCUT2D eigenvalue weighted by atomic mass is 16.5. The van der Waals surface area contributed by atoms with Crippen LogP contribution in [0.15, 0.2) is 68.3 Å². The molecule has 0 fully saturated rings. The standard InChI is InChI=1S/C19H19N3O2.C2H4/c1-15(21-12-13-22(24)14-23)18-8-4-16(5-9-18)2-3-17-6-10-19(20)11-7-17;1-2/h4-11,14,21,24H,1,12-13,20H2;1-2H2. The second kappa shape index (κ2) is 11.1. The molecule has 2 aromatic rings. The molecule has 2 aromatic carbocycles. The van der Waals surface area contributed by atoms with Crippen molar-refractivity contribution in [2.45, 2.75) is 0 Å². The van der Waals surface area contributed by atoms with Crippen LogP contribution in [0.4, 0.5) is 5.69 Å². The van der Waals surface area contributed by atoms with Gasteiger partial charge in [-0.15, -0.1) is 13.2 Å². The number of hydroxylamine groups is 2. The van der Waals surface area contributed by atoms with E-state index in [9.17, 15) is 4.79 Å². The molecule has 0 bridgehead atoms. The SMILES string of the molecule is C=C.C=C(NCCN(O)C=O)c1ccc(C#Cc2ccc(N)cc2)cc1. The topological polar surface area (TPSA) is 78.6 Å². The minimum atomic E-state index is 0.188. The third kappa shape index (κ3) is 6.95. The fourth-order valence-corrected chi connectivity index (χ4v) is 1.94. The van der Waals surface area contributed by atoms with Crippen molar-refractivity contribution >= 4 is 17.8 Å². The molecule has 4 N–H and O–H groups in total. The van der Waals surface area contributed by atoms with Gasteiger partial charge >= 0.3 is 0 Å². The average molecular weight is 349 g/mol. The lowest BCUT2D eigenvalue weighted by Gasteiger charge is -2.12. The fraction of sp³-hybridized carbons (Fsp3) is 0.0952. The zero-order valence-electron chi connectivity index (χ0n) is 14.6. The minimum absolute atomic E-state index is 0.188. The molecule has 5 heteroatoms. The van der Waals surface area contributed by atoms with Gasteiger partial charge in [-0.05, 0) is 42.0 Å². The Hall–Kier alpha value is -3.49. The normalized spacial score (nSPS) is 8.96. The van der Waals surface area contributed by atoms with E-state index >= 15 is 0 Å². The first-order valence-electron chi connectivity index (χ1n) is 7.90. The van der Waals surface area contributed by atoms with Crippen molar-refractivity contribution in [3.63, 3.8) is 0 Å². The molecule has 2 rings (SSSR count). The summed E-state index contributed by atoms with van der Waals surface area (Å²) in [5.74, 6) is 6.17. The third-order valence-electron chi connectivity index (χ3n) is 3.30. The molecule has 26 heavy (non-hydrogen) atoms. The lowest BCUT2D eigenvalue weighted by atomic mass is 10.1. The van der Waals surface area contributed by atoms with Crippen LogP contribution in [0.5, 0.6) is 0 Å². The maximum Gasteiger partial charge on any atom is 0.233 e. The van der Waals surface area contributed by atoms with Crippen LogP contribution in [-0.4, -0.2) is 29.8 Å². The molecule has 0 atom stereocenters. The Bertz CT molecular complexity index is 772. The van der Waals surface area contributed by atoms with Gasteiger partial charge in [-0.3, -0.25) is 10.0 Å². The molecule has 0 aromatic heterocycles. The molecule has 0 aliphatic carbocycles. The quantitative estimate of drug-likeness (QED) is 0.187. The maximum absolute atomic E-state index is 10.3. The number of carbonyl (C=O) groups is 1. The number of hydrogen-bond donors (Lipinski definition) is 3. The van der Waals surface area contributed by atoms with Crippen LogP contribution < -0.4 is 11.1 Å². The van der Waals surface area contributed by atoms with Crippen LogP contribution in [-0.2, 0) is 4.79 Å². The summed E-state index contributed by atoms with van der Waals surface area (Å²) < 4.78 is 0. The number of rotatable bonds is 6. The Balaban J connectivity index is 0.00000163. The van der Waals surface area contributed by atoms with E-state index in [-0.39, 0.29) is 6.54 Å². The summed E-state index contributed by atoms with van der Waals surface area (Å²) in [6.45, 7) is 10.5. The van der Waals surface area contributed by atoms with Crippen LogP contribution in [0.25, 0.3) is 5.70 Å². The summed E-state index contributed by atoms with van der Waals surface area (Å²) in [6.07, 6.45) is 0.360. The monoisotopic (exact) mass is 349 g/mol. The Morgan fingerprint density at radius 2 is 1.58 bits per heavy atom. The second-order valence-electron chi connectivity index (χ2n) is 5.12. The van der Waals surface area contributed by atoms with Gasteiger partial charge in [0.05, 0.1) is 6.54 Å². The second-order valence-corrected chi connectivity index (χ2v) is 5.12. The first-order valence-corrected chi connectivity index (χ1v) is 7.90. The summed E-state index contributed by atoms with van der Waals surface area (Å²) in [7, 11) is 0. The number of benzene rings is 2. The predicted molar refractivity (Wildman–Crippen MR) is 106 cm³/mol. The highest BCUT2D eigenvalue weighted by Crippen LogP contribution is 2.11. The van der Waals surface area contributed by atoms with Crippen molar-refractivity contribution < 1.29 is 10.0 Å². The number of nitrogens with zero attached hydrogens (tertiary/aromatic N) is 1. The minimum Gasteiger partial charge on any atom is -0.399 e. The van der Waals surface area contributed by atoms with Crippen molar-refractivity contribution in [2.75, 3.05) is 18.8 Å². The van der Waals surface area contributed by atoms with Crippen LogP contribution in [0.3, 0.4) is 0 Å². The molecule has 0 saturated heterocycles. The van der Waals surface area contributed by atoms with Gasteiger partial charge in [0.1, 0.15) is 0 Å². The van der Waals surface area contributed by atoms with Gasteiger partial charge in [0.25, 0.3) is 0 Å². The number of nitrogen functional groups attached to an aromatic ring is 1. The van der Waals surface area contributed by atoms with Gasteiger partial charge in [0.2, 0.25) is 6.41 Å². The van der Waals surface area contributed by atoms with E-state index in [0.717, 1.165) is 16.7 Å². The van der Waals surface area contributed by atoms with E-state index in [1.807, 2.05) is 48.5 Å². The highest BCUT2D eigenvalue weighted by Gasteiger charge is 2.00. The summed E-state index contributed by atoms with van der Waals surface area (Å²) in [4.78, 5) is 10.3. The van der Waals surface area contributed by atoms with Crippen LogP contribution >= 0.6 is 0 Å². The van der Waals surface area contributed by atoms with Gasteiger partial charge < -0.3 is 11.1 Å². The zero-order valence-corrected chi connectivity index (χ0v) is 14.6. The van der Waals surface area contributed by atoms with E-state index < -0.39 is 0 Å². The average Bonchev–Trinajstić information content (AvgIpc) is 2.69. The Morgan fingerprint density at radius 1 is 1.08 bits per heavy atom. The first kappa shape index (κ1) is 20.6. The summed E-state index contributed by atoms with van der Waals surface area (Å²) in [5.41, 5.74) is 9.79. The Kier molecular flexibility index (Phi) is 8.80. The van der Waals surface area contributed by atoms with Crippen molar-refractivity contribution in [2.24, 2.45) is 0 Å². The molecule has 0 aliphatic heterocycles. The van der Waals surface area contributed by atoms with E-state index in [2.05, 4.69) is 36.9 Å². The number of nitrogens with one attached hydrogen (secondary N) is 1. The molecule has 0 unspecified atom stereocenters. The lowest BCUT2D eigenvalue weighted by molar-refractivity contribution is -0.149. The predicted octanol–water partition coefficient (Wildman–Crippen LogP) is 2.88. The van der Waals surface area contributed by atoms with Crippen molar-refractivity contribution in [3.8, 4) is 11.8 Å². The number of carbonyl (C=O) groups excluding carboxylic acids is 1. The number of hydrogen-bond acceptors (Lipinski definition) is 4. The lowest BCUT2D eigenvalue weighted by Crippen LogP contribution is -2.27. The summed E-state index contributed by atoms with van der Waals surface area (Å²) in [5, 5.41) is 12.6. The first-order chi connectivity index (χ1) is 12.6. The van der Waals surface area contributed by atoms with Gasteiger partial charge in [-0.25, -0.2) is 5.06 Å². The molecule has 0 saturated carbocycles. The fourth-order valence-electron chi connectivity index (χ4n) is 1.94. The smallest absolute Gasteiger partial charge is 0.233 e. The van der Waals surface area contributed by atoms with Crippen LogP contribution in [0.2, 0.25) is 0 Å². The maximum atomic E-state index is 10.3. The van der Waals surface area contributed by atoms with Crippen molar-refractivity contribution in [1.29, 1.82) is 0 Å². The summed E-state index contributed by atoms with van der Waals surface area (Å²) >= 11 is 0. The molecule has 0 spiro atoms. The molecule has 134 valence electrons. The molecular weight excluding hydrogens is 326 g/mol. The van der Waals surface area contributed by atoms with Crippen molar-refractivity contribution in [1.82, 2.24) is 10.4 Å². The van der Waals surface area contributed by atoms with E-state index in [1.54, 1.807) is 0 Å². The van der Waals surface area contributed by atoms with E-state index in [1.165, 1.54) is 0 Å². The Labute approximate surface area is 154 Å². The van der Waals surface area contributed by atoms with Crippen molar-refractivity contribution in [3.05, 3.63) is 85.0 Å². The van der Waals surface area contributed by atoms with E-state index in [4.69, 9.17) is 10.9 Å². The van der Waals surface area contributed by atoms with Crippen LogP contribution in [0, 0.1) is 11.8 Å². The van der Waals surface area contributed by atoms with Gasteiger partial charge in [0, 0.05) is 29.1 Å². The molecular formula is C21H23N3O2. The number of nitrogens with two attached hydrogens (primary N) is 1. The van der Waals surface area contributed by atoms with Gasteiger partial charge in [-0.2, -0.15) is 0 Å². The molecule has 1 amide bonds. The number of amides is 1. The summed E-state index contributed by atoms with van der Waals surface area (Å²) in [6, 6.07) is 15.1. The largest absolute Gasteiger partial charge is 0.399 e. The molecule has 0 heterocycles. The van der Waals surface area contributed by atoms with E-state index in [0.29, 0.717) is 29.4 Å². The zero-order chi connectivity index (χ0) is 19.4. The van der Waals surface area contributed by atoms with Gasteiger partial charge in [0.15, 0.2) is 0 Å². The highest BCUT2D eigenvalue weighted by molar-refractivity contribution is 5.62.